The van der Waals surface area contributed by atoms with E-state index in [0.717, 1.165) is 48.3 Å². The summed E-state index contributed by atoms with van der Waals surface area (Å²) in [4.78, 5) is 19.7. The van der Waals surface area contributed by atoms with Crippen LogP contribution in [0.4, 0.5) is 4.39 Å². The first-order valence-corrected chi connectivity index (χ1v) is 11.6. The fourth-order valence-corrected chi connectivity index (χ4v) is 4.93. The van der Waals surface area contributed by atoms with Gasteiger partial charge < -0.3 is 14.7 Å². The number of aromatic nitrogens is 3. The Balaban J connectivity index is 1.38. The molecule has 3 heterocycles. The van der Waals surface area contributed by atoms with E-state index in [4.69, 9.17) is 16.3 Å². The molecular weight excluding hydrogens is 447 g/mol. The number of halogens is 2. The molecular formula is C24H26ClFN4O3. The summed E-state index contributed by atoms with van der Waals surface area (Å²) in [6.45, 7) is 4.62. The van der Waals surface area contributed by atoms with E-state index in [-0.39, 0.29) is 30.3 Å². The monoisotopic (exact) mass is 472 g/mol. The molecule has 1 N–H and O–H groups in total. The molecule has 2 aliphatic rings. The number of carbonyl (C=O) groups is 1. The summed E-state index contributed by atoms with van der Waals surface area (Å²) in [5.41, 5.74) is 4.27. The molecule has 1 saturated carbocycles. The molecule has 1 aliphatic carbocycles. The van der Waals surface area contributed by atoms with E-state index >= 15 is 0 Å². The van der Waals surface area contributed by atoms with Gasteiger partial charge in [-0.15, -0.1) is 0 Å². The van der Waals surface area contributed by atoms with Gasteiger partial charge in [0.1, 0.15) is 11.6 Å². The first kappa shape index (κ1) is 22.1. The van der Waals surface area contributed by atoms with E-state index in [0.29, 0.717) is 29.3 Å². The summed E-state index contributed by atoms with van der Waals surface area (Å²) in [5.74, 6) is -0.118. The quantitative estimate of drug-likeness (QED) is 0.614. The lowest BCUT2D eigenvalue weighted by atomic mass is 9.88. The molecule has 1 fully saturated rings. The number of benzene rings is 1. The summed E-state index contributed by atoms with van der Waals surface area (Å²) >= 11 is 6.32. The van der Waals surface area contributed by atoms with Crippen molar-refractivity contribution in [1.82, 2.24) is 19.5 Å². The highest BCUT2D eigenvalue weighted by Crippen LogP contribution is 2.33. The van der Waals surface area contributed by atoms with Crippen molar-refractivity contribution in [3.05, 3.63) is 57.2 Å². The molecule has 2 aromatic heterocycles. The molecule has 33 heavy (non-hydrogen) atoms. The van der Waals surface area contributed by atoms with Gasteiger partial charge in [-0.25, -0.2) is 13.9 Å². The van der Waals surface area contributed by atoms with Crippen molar-refractivity contribution in [2.75, 3.05) is 6.61 Å². The molecule has 0 radical (unpaired) electrons. The zero-order chi connectivity index (χ0) is 23.3. The van der Waals surface area contributed by atoms with E-state index in [1.807, 2.05) is 13.8 Å². The van der Waals surface area contributed by atoms with Gasteiger partial charge in [0, 0.05) is 18.2 Å². The molecule has 3 aromatic rings. The summed E-state index contributed by atoms with van der Waals surface area (Å²) in [6, 6.07) is 4.06. The van der Waals surface area contributed by atoms with E-state index in [1.165, 1.54) is 18.2 Å². The number of amides is 1. The molecule has 0 spiro atoms. The number of aryl methyl sites for hydroxylation is 2. The average Bonchev–Trinajstić information content (AvgIpc) is 3.37. The van der Waals surface area contributed by atoms with Crippen LogP contribution in [0.5, 0.6) is 5.75 Å². The fourth-order valence-electron chi connectivity index (χ4n) is 4.81. The van der Waals surface area contributed by atoms with Crippen molar-refractivity contribution in [3.8, 4) is 5.75 Å². The zero-order valence-corrected chi connectivity index (χ0v) is 19.4. The maximum absolute atomic E-state index is 14.0. The molecule has 1 amide bonds. The maximum Gasteiger partial charge on any atom is 0.258 e. The summed E-state index contributed by atoms with van der Waals surface area (Å²) in [5, 5.41) is 14.6. The van der Waals surface area contributed by atoms with Gasteiger partial charge in [0.2, 0.25) is 0 Å². The van der Waals surface area contributed by atoms with Crippen LogP contribution in [0.2, 0.25) is 5.02 Å². The number of hydrogen-bond donors (Lipinski definition) is 1. The highest BCUT2D eigenvalue weighted by atomic mass is 35.5. The molecule has 7 nitrogen and oxygen atoms in total. The van der Waals surface area contributed by atoms with Gasteiger partial charge in [-0.1, -0.05) is 11.6 Å². The summed E-state index contributed by atoms with van der Waals surface area (Å²) < 4.78 is 21.9. The lowest BCUT2D eigenvalue weighted by Gasteiger charge is -2.29. The van der Waals surface area contributed by atoms with E-state index < -0.39 is 5.82 Å². The van der Waals surface area contributed by atoms with Crippen molar-refractivity contribution >= 4 is 23.2 Å². The third kappa shape index (κ3) is 3.95. The van der Waals surface area contributed by atoms with Crippen LogP contribution in [0.1, 0.15) is 58.7 Å². The smallest absolute Gasteiger partial charge is 0.258 e. The molecule has 0 saturated heterocycles. The molecule has 1 aliphatic heterocycles. The van der Waals surface area contributed by atoms with Gasteiger partial charge in [-0.2, -0.15) is 5.10 Å². The van der Waals surface area contributed by atoms with E-state index in [9.17, 15) is 14.3 Å². The second kappa shape index (κ2) is 8.57. The van der Waals surface area contributed by atoms with Crippen LogP contribution in [0.25, 0.3) is 5.65 Å². The maximum atomic E-state index is 14.0. The molecule has 1 aromatic carbocycles. The number of carbonyl (C=O) groups excluding carboxylic acids is 1. The van der Waals surface area contributed by atoms with Gasteiger partial charge in [0.25, 0.3) is 5.91 Å². The minimum absolute atomic E-state index is 0.0963. The Hall–Kier alpha value is -2.71. The highest BCUT2D eigenvalue weighted by Gasteiger charge is 2.32. The Kier molecular flexibility index (Phi) is 5.74. The molecule has 0 atom stereocenters. The average molecular weight is 473 g/mol. The predicted molar refractivity (Wildman–Crippen MR) is 121 cm³/mol. The lowest BCUT2D eigenvalue weighted by molar-refractivity contribution is 0.0731. The number of aliphatic hydroxyl groups is 1. The Bertz CT molecular complexity index is 1240. The SMILES string of the molecule is Cc1nc2c3c(nn2c(C)c1Cl)CN(C(=O)c1ccc(F)cc1OC1CCC(CO)CC1)C3. The summed E-state index contributed by atoms with van der Waals surface area (Å²) in [7, 11) is 0. The lowest BCUT2D eigenvalue weighted by Crippen LogP contribution is -2.29. The number of ether oxygens (including phenoxy) is 1. The number of hydrogen-bond acceptors (Lipinski definition) is 5. The molecule has 5 rings (SSSR count). The first-order chi connectivity index (χ1) is 15.9. The third-order valence-electron chi connectivity index (χ3n) is 6.76. The molecule has 0 unspecified atom stereocenters. The van der Waals surface area contributed by atoms with Crippen molar-refractivity contribution in [3.63, 3.8) is 0 Å². The van der Waals surface area contributed by atoms with E-state index in [2.05, 4.69) is 10.1 Å². The Morgan fingerprint density at radius 3 is 2.73 bits per heavy atom. The van der Waals surface area contributed by atoms with Crippen LogP contribution in [0, 0.1) is 25.6 Å². The van der Waals surface area contributed by atoms with Crippen molar-refractivity contribution in [1.29, 1.82) is 0 Å². The van der Waals surface area contributed by atoms with Gasteiger partial charge in [-0.05, 0) is 57.6 Å². The largest absolute Gasteiger partial charge is 0.489 e. The van der Waals surface area contributed by atoms with Gasteiger partial charge in [0.05, 0.1) is 46.9 Å². The highest BCUT2D eigenvalue weighted by molar-refractivity contribution is 6.31. The van der Waals surface area contributed by atoms with Crippen LogP contribution >= 0.6 is 11.6 Å². The van der Waals surface area contributed by atoms with Gasteiger partial charge in [-0.3, -0.25) is 4.79 Å². The molecule has 174 valence electrons. The fraction of sp³-hybridized carbons (Fsp3) is 0.458. The number of aliphatic hydroxyl groups excluding tert-OH is 1. The predicted octanol–water partition coefficient (Wildman–Crippen LogP) is 4.22. The number of fused-ring (bicyclic) bond motifs is 3. The van der Waals surface area contributed by atoms with Gasteiger partial charge >= 0.3 is 0 Å². The second-order valence-corrected chi connectivity index (χ2v) is 9.38. The first-order valence-electron chi connectivity index (χ1n) is 11.2. The Labute approximate surface area is 196 Å². The Morgan fingerprint density at radius 1 is 1.24 bits per heavy atom. The molecule has 9 heteroatoms. The van der Waals surface area contributed by atoms with Crippen molar-refractivity contribution in [2.24, 2.45) is 5.92 Å². The minimum atomic E-state index is -0.444. The third-order valence-corrected chi connectivity index (χ3v) is 7.31. The Morgan fingerprint density at radius 2 is 2.00 bits per heavy atom. The minimum Gasteiger partial charge on any atom is -0.489 e. The molecule has 0 bridgehead atoms. The number of rotatable bonds is 4. The zero-order valence-electron chi connectivity index (χ0n) is 18.6. The van der Waals surface area contributed by atoms with Crippen LogP contribution in [-0.2, 0) is 13.1 Å². The number of nitrogens with zero attached hydrogens (tertiary/aromatic N) is 4. The van der Waals surface area contributed by atoms with Crippen LogP contribution in [-0.4, -0.2) is 43.2 Å². The second-order valence-electron chi connectivity index (χ2n) is 9.00. The van der Waals surface area contributed by atoms with Crippen LogP contribution in [0.3, 0.4) is 0 Å². The standard InChI is InChI=1S/C24H26ClFN4O3/c1-13-22(25)14(2)30-23(27-13)19-10-29(11-20(19)28-30)24(32)18-8-5-16(26)9-21(18)33-17-6-3-15(12-31)4-7-17/h5,8-9,15,17,31H,3-4,6-7,10-12H2,1-2H3. The normalized spacial score (nSPS) is 20.3. The van der Waals surface area contributed by atoms with Crippen LogP contribution < -0.4 is 4.74 Å². The van der Waals surface area contributed by atoms with Gasteiger partial charge in [0.15, 0.2) is 5.65 Å². The van der Waals surface area contributed by atoms with Crippen molar-refractivity contribution < 1.29 is 19.0 Å². The van der Waals surface area contributed by atoms with Crippen LogP contribution in [0.15, 0.2) is 18.2 Å². The van der Waals surface area contributed by atoms with E-state index in [1.54, 1.807) is 9.42 Å². The topological polar surface area (TPSA) is 80.0 Å². The summed E-state index contributed by atoms with van der Waals surface area (Å²) in [6.07, 6.45) is 3.17. The van der Waals surface area contributed by atoms with Crippen molar-refractivity contribution in [2.45, 2.75) is 58.7 Å².